The molecule has 118 valence electrons. The zero-order chi connectivity index (χ0) is 16.7. The molecular formula is C11H14O7S3. The highest BCUT2D eigenvalue weighted by Gasteiger charge is 2.26. The molecule has 1 rings (SSSR count). The second kappa shape index (κ2) is 8.20. The van der Waals surface area contributed by atoms with Crippen LogP contribution in [0.15, 0.2) is 30.3 Å². The molecule has 0 aliphatic heterocycles. The van der Waals surface area contributed by atoms with E-state index in [-0.39, 0.29) is 0 Å². The number of rotatable bonds is 2. The van der Waals surface area contributed by atoms with Crippen molar-refractivity contribution >= 4 is 42.1 Å². The average Bonchev–Trinajstić information content (AvgIpc) is 2.38. The van der Waals surface area contributed by atoms with Crippen LogP contribution in [0.5, 0.6) is 5.75 Å². The maximum atomic E-state index is 9.85. The third-order valence-electron chi connectivity index (χ3n) is 1.90. The molecule has 0 saturated carbocycles. The first-order chi connectivity index (χ1) is 9.52. The first-order valence-corrected chi connectivity index (χ1v) is 8.57. The van der Waals surface area contributed by atoms with E-state index in [1.807, 2.05) is 37.3 Å². The summed E-state index contributed by atoms with van der Waals surface area (Å²) in [6, 6.07) is 7.96. The minimum Gasteiger partial charge on any atom is -0.497 e. The van der Waals surface area contributed by atoms with E-state index < -0.39 is 23.8 Å². The van der Waals surface area contributed by atoms with Crippen molar-refractivity contribution in [3.63, 3.8) is 0 Å². The zero-order valence-corrected chi connectivity index (χ0v) is 13.6. The van der Waals surface area contributed by atoms with Crippen LogP contribution in [0, 0.1) is 0 Å². The summed E-state index contributed by atoms with van der Waals surface area (Å²) in [6.07, 6.45) is 4.07. The number of ether oxygens (including phenoxy) is 1. The number of hydrogen-bond acceptors (Lipinski definition) is 6. The van der Waals surface area contributed by atoms with Gasteiger partial charge in [0.1, 0.15) is 5.75 Å². The average molecular weight is 354 g/mol. The lowest BCUT2D eigenvalue weighted by molar-refractivity contribution is 0.415. The molecule has 1 aromatic carbocycles. The Kier molecular flexibility index (Phi) is 7.68. The first kappa shape index (κ1) is 19.7. The molecule has 0 spiro atoms. The van der Waals surface area contributed by atoms with Crippen molar-refractivity contribution in [2.24, 2.45) is 0 Å². The maximum absolute atomic E-state index is 9.85. The predicted molar refractivity (Wildman–Crippen MR) is 83.4 cm³/mol. The number of allylic oxidation sites excluding steroid dienone is 1. The third kappa shape index (κ3) is 7.87. The van der Waals surface area contributed by atoms with E-state index in [1.54, 1.807) is 7.11 Å². The Bertz CT molecular complexity index is 667. The summed E-state index contributed by atoms with van der Waals surface area (Å²) in [4.78, 5) is 0. The minimum atomic E-state index is -4.97. The van der Waals surface area contributed by atoms with E-state index in [0.29, 0.717) is 0 Å². The highest BCUT2D eigenvalue weighted by Crippen LogP contribution is 2.11. The van der Waals surface area contributed by atoms with Gasteiger partial charge in [-0.15, -0.1) is 0 Å². The van der Waals surface area contributed by atoms with Gasteiger partial charge in [-0.25, -0.2) is 0 Å². The van der Waals surface area contributed by atoms with E-state index in [0.717, 1.165) is 5.75 Å². The molecule has 0 atom stereocenters. The van der Waals surface area contributed by atoms with Crippen LogP contribution in [0.2, 0.25) is 0 Å². The van der Waals surface area contributed by atoms with Gasteiger partial charge in [-0.3, -0.25) is 9.11 Å². The molecule has 7 nitrogen and oxygen atoms in total. The van der Waals surface area contributed by atoms with Crippen LogP contribution >= 0.6 is 12.2 Å². The number of benzene rings is 1. The van der Waals surface area contributed by atoms with Gasteiger partial charge < -0.3 is 4.74 Å². The Hall–Kier alpha value is -1.33. The van der Waals surface area contributed by atoms with E-state index in [9.17, 15) is 16.8 Å². The smallest absolute Gasteiger partial charge is 0.318 e. The summed E-state index contributed by atoms with van der Waals surface area (Å²) in [5.41, 5.74) is 1.20. The fourth-order valence-corrected chi connectivity index (χ4v) is 2.11. The minimum absolute atomic E-state index is 0.901. The molecule has 0 aromatic heterocycles. The number of methoxy groups -OCH3 is 1. The zero-order valence-electron chi connectivity index (χ0n) is 11.1. The van der Waals surface area contributed by atoms with E-state index in [2.05, 4.69) is 18.3 Å². The summed E-state index contributed by atoms with van der Waals surface area (Å²) in [5, 5.41) is 0. The highest BCUT2D eigenvalue weighted by molar-refractivity contribution is 8.37. The fraction of sp³-hybridized carbons (Fsp3) is 0.182. The lowest BCUT2D eigenvalue weighted by Gasteiger charge is -1.98. The monoisotopic (exact) mass is 354 g/mol. The van der Waals surface area contributed by atoms with Crippen molar-refractivity contribution in [3.05, 3.63) is 35.9 Å². The highest BCUT2D eigenvalue weighted by atomic mass is 32.3. The van der Waals surface area contributed by atoms with Crippen molar-refractivity contribution in [2.75, 3.05) is 7.11 Å². The summed E-state index contributed by atoms with van der Waals surface area (Å²) >= 11 is 3.65. The van der Waals surface area contributed by atoms with Crippen molar-refractivity contribution < 1.29 is 30.7 Å². The first-order valence-electron chi connectivity index (χ1n) is 5.28. The van der Waals surface area contributed by atoms with Crippen molar-refractivity contribution in [3.8, 4) is 5.75 Å². The van der Waals surface area contributed by atoms with Crippen LogP contribution in [0.1, 0.15) is 12.5 Å². The van der Waals surface area contributed by atoms with Crippen molar-refractivity contribution in [2.45, 2.75) is 6.92 Å². The molecule has 0 amide bonds. The summed E-state index contributed by atoms with van der Waals surface area (Å²) < 4.78 is 58.5. The Labute approximate surface area is 128 Å². The van der Waals surface area contributed by atoms with Gasteiger partial charge in [-0.1, -0.05) is 24.3 Å². The topological polar surface area (TPSA) is 118 Å². The Morgan fingerprint density at radius 1 is 1.10 bits per heavy atom. The van der Waals surface area contributed by atoms with E-state index in [4.69, 9.17) is 13.8 Å². The molecule has 0 fully saturated rings. The van der Waals surface area contributed by atoms with Crippen LogP contribution in [0.3, 0.4) is 0 Å². The second-order valence-corrected chi connectivity index (χ2v) is 7.37. The summed E-state index contributed by atoms with van der Waals surface area (Å²) in [7, 11) is -8.26. The van der Waals surface area contributed by atoms with Gasteiger partial charge in [0.05, 0.1) is 7.11 Å². The Morgan fingerprint density at radius 3 is 1.76 bits per heavy atom. The third-order valence-corrected chi connectivity index (χ3v) is 5.27. The Morgan fingerprint density at radius 2 is 1.52 bits per heavy atom. The predicted octanol–water partition coefficient (Wildman–Crippen LogP) is 1.78. The van der Waals surface area contributed by atoms with E-state index in [1.165, 1.54) is 5.56 Å². The van der Waals surface area contributed by atoms with Crippen molar-refractivity contribution in [1.82, 2.24) is 0 Å². The molecule has 2 N–H and O–H groups in total. The van der Waals surface area contributed by atoms with Crippen LogP contribution in [0.4, 0.5) is 0 Å². The Balaban J connectivity index is 0.000000384. The van der Waals surface area contributed by atoms with Crippen LogP contribution in [-0.2, 0) is 20.2 Å². The molecule has 0 saturated heterocycles. The lowest BCUT2D eigenvalue weighted by atomic mass is 10.2. The van der Waals surface area contributed by atoms with Gasteiger partial charge in [0, 0.05) is 0 Å². The molecule has 1 aromatic rings. The lowest BCUT2D eigenvalue weighted by Crippen LogP contribution is -2.20. The standard InChI is InChI=1S/C10H12O.CH2O6S3/c1-3-4-9-5-7-10(11-2)8-6-9;2-9(3,4)1(8)10(5,6)7/h3-8H,1-2H3;(H,2,3,4)(H,5,6,7). The van der Waals surface area contributed by atoms with Gasteiger partial charge in [-0.2, -0.15) is 16.8 Å². The molecule has 0 bridgehead atoms. The number of thiocarbonyl (C=S) groups is 1. The van der Waals surface area contributed by atoms with Gasteiger partial charge in [0.2, 0.25) is 0 Å². The van der Waals surface area contributed by atoms with Crippen LogP contribution < -0.4 is 4.74 Å². The quantitative estimate of drug-likeness (QED) is 0.609. The van der Waals surface area contributed by atoms with Crippen LogP contribution in [-0.4, -0.2) is 36.6 Å². The molecule has 0 heterocycles. The second-order valence-electron chi connectivity index (χ2n) is 3.47. The van der Waals surface area contributed by atoms with Crippen molar-refractivity contribution in [1.29, 1.82) is 0 Å². The van der Waals surface area contributed by atoms with Gasteiger partial charge in [0.25, 0.3) is 3.53 Å². The fourth-order valence-electron chi connectivity index (χ4n) is 1.04. The largest absolute Gasteiger partial charge is 0.497 e. The maximum Gasteiger partial charge on any atom is 0.318 e. The SMILES string of the molecule is CC=Cc1ccc(OC)cc1.O=S(=O)(O)C(=S)S(=O)(=O)O. The molecule has 10 heteroatoms. The molecule has 0 radical (unpaired) electrons. The van der Waals surface area contributed by atoms with Gasteiger partial charge >= 0.3 is 20.2 Å². The van der Waals surface area contributed by atoms with Gasteiger partial charge in [-0.05, 0) is 36.8 Å². The van der Waals surface area contributed by atoms with Crippen LogP contribution in [0.25, 0.3) is 6.08 Å². The van der Waals surface area contributed by atoms with E-state index >= 15 is 0 Å². The molecule has 0 aliphatic rings. The van der Waals surface area contributed by atoms with Gasteiger partial charge in [0.15, 0.2) is 0 Å². The molecule has 0 aliphatic carbocycles. The summed E-state index contributed by atoms with van der Waals surface area (Å²) in [6.45, 7) is 2.00. The molecular weight excluding hydrogens is 340 g/mol. The number of hydrogen-bond donors (Lipinski definition) is 2. The summed E-state index contributed by atoms with van der Waals surface area (Å²) in [5.74, 6) is 0.901. The normalized spacial score (nSPS) is 11.6. The molecule has 0 unspecified atom stereocenters. The molecule has 21 heavy (non-hydrogen) atoms.